The highest BCUT2D eigenvalue weighted by Crippen LogP contribution is 2.14. The van der Waals surface area contributed by atoms with Crippen LogP contribution < -0.4 is 16.4 Å². The molecule has 0 saturated heterocycles. The summed E-state index contributed by atoms with van der Waals surface area (Å²) in [5.41, 5.74) is 4.51. The van der Waals surface area contributed by atoms with Crippen molar-refractivity contribution >= 4 is 35.3 Å². The van der Waals surface area contributed by atoms with E-state index in [1.807, 2.05) is 0 Å². The van der Waals surface area contributed by atoms with Crippen molar-refractivity contribution in [2.75, 3.05) is 6.54 Å². The van der Waals surface area contributed by atoms with Crippen molar-refractivity contribution in [3.8, 4) is 0 Å². The molecule has 0 aromatic carbocycles. The SMILES string of the molecule is C[C@H](CC(=O)[C@H](CC(N)=O)NC(=O)CCCC(=O)O)C(=O)NCC(=O)C(C)(C)C. The van der Waals surface area contributed by atoms with E-state index in [1.165, 1.54) is 6.92 Å². The van der Waals surface area contributed by atoms with Gasteiger partial charge >= 0.3 is 5.97 Å². The number of hydrogen-bond donors (Lipinski definition) is 4. The number of carbonyl (C=O) groups excluding carboxylic acids is 5. The summed E-state index contributed by atoms with van der Waals surface area (Å²) in [5.74, 6) is -4.44. The summed E-state index contributed by atoms with van der Waals surface area (Å²) < 4.78 is 0. The van der Waals surface area contributed by atoms with Crippen LogP contribution >= 0.6 is 0 Å². The maximum absolute atomic E-state index is 12.4. The van der Waals surface area contributed by atoms with E-state index < -0.39 is 53.3 Å². The molecule has 0 spiro atoms. The molecule has 0 rings (SSSR count). The first-order chi connectivity index (χ1) is 13.2. The van der Waals surface area contributed by atoms with Gasteiger partial charge in [0.15, 0.2) is 11.6 Å². The van der Waals surface area contributed by atoms with Gasteiger partial charge in [0, 0.05) is 30.6 Å². The number of nitrogens with one attached hydrogen (secondary N) is 2. The predicted octanol–water partition coefficient (Wildman–Crippen LogP) is -0.0718. The molecular formula is C19H31N3O7. The molecule has 0 aliphatic carbocycles. The Hall–Kier alpha value is -2.78. The third-order valence-corrected chi connectivity index (χ3v) is 4.14. The molecule has 2 atom stereocenters. The lowest BCUT2D eigenvalue weighted by atomic mass is 9.90. The average molecular weight is 413 g/mol. The van der Waals surface area contributed by atoms with E-state index in [-0.39, 0.29) is 38.0 Å². The van der Waals surface area contributed by atoms with Crippen LogP contribution in [0.25, 0.3) is 0 Å². The van der Waals surface area contributed by atoms with Gasteiger partial charge in [-0.2, -0.15) is 0 Å². The fraction of sp³-hybridized carbons (Fsp3) is 0.684. The largest absolute Gasteiger partial charge is 0.481 e. The molecule has 0 heterocycles. The molecule has 0 aromatic heterocycles. The zero-order chi connectivity index (χ0) is 22.8. The molecule has 0 aliphatic rings. The molecule has 0 bridgehead atoms. The quantitative estimate of drug-likeness (QED) is 0.327. The van der Waals surface area contributed by atoms with Gasteiger partial charge in [-0.05, 0) is 6.42 Å². The third kappa shape index (κ3) is 11.6. The zero-order valence-corrected chi connectivity index (χ0v) is 17.4. The van der Waals surface area contributed by atoms with Crippen LogP contribution in [-0.2, 0) is 28.8 Å². The summed E-state index contributed by atoms with van der Waals surface area (Å²) in [4.78, 5) is 70.0. The second-order valence-corrected chi connectivity index (χ2v) is 8.00. The molecule has 3 amide bonds. The molecule has 29 heavy (non-hydrogen) atoms. The Morgan fingerprint density at radius 3 is 2.07 bits per heavy atom. The summed E-state index contributed by atoms with van der Waals surface area (Å²) in [7, 11) is 0. The van der Waals surface area contributed by atoms with Crippen LogP contribution in [0.4, 0.5) is 0 Å². The molecule has 0 fully saturated rings. The Morgan fingerprint density at radius 2 is 1.59 bits per heavy atom. The van der Waals surface area contributed by atoms with E-state index in [2.05, 4.69) is 10.6 Å². The highest BCUT2D eigenvalue weighted by Gasteiger charge is 2.27. The number of rotatable bonds is 13. The zero-order valence-electron chi connectivity index (χ0n) is 17.4. The van der Waals surface area contributed by atoms with Gasteiger partial charge in [0.1, 0.15) is 0 Å². The molecule has 5 N–H and O–H groups in total. The molecule has 0 radical (unpaired) electrons. The van der Waals surface area contributed by atoms with Crippen molar-refractivity contribution in [2.45, 2.75) is 65.8 Å². The Kier molecular flexibility index (Phi) is 10.8. The van der Waals surface area contributed by atoms with Crippen LogP contribution in [-0.4, -0.2) is 53.0 Å². The maximum Gasteiger partial charge on any atom is 0.303 e. The van der Waals surface area contributed by atoms with E-state index in [4.69, 9.17) is 10.8 Å². The maximum atomic E-state index is 12.4. The minimum absolute atomic E-state index is 0.0826. The lowest BCUT2D eigenvalue weighted by Gasteiger charge is -2.20. The average Bonchev–Trinajstić information content (AvgIpc) is 2.56. The van der Waals surface area contributed by atoms with Crippen LogP contribution in [0.5, 0.6) is 0 Å². The molecule has 0 saturated carbocycles. The van der Waals surface area contributed by atoms with Crippen molar-refractivity contribution in [3.05, 3.63) is 0 Å². The lowest BCUT2D eigenvalue weighted by molar-refractivity contribution is -0.137. The van der Waals surface area contributed by atoms with Gasteiger partial charge in [-0.15, -0.1) is 0 Å². The van der Waals surface area contributed by atoms with Crippen LogP contribution in [0.1, 0.15) is 59.8 Å². The molecule has 0 aromatic rings. The molecule has 10 nitrogen and oxygen atoms in total. The summed E-state index contributed by atoms with van der Waals surface area (Å²) in [6, 6.07) is -1.20. The minimum atomic E-state index is -1.20. The Labute approximate surface area is 170 Å². The molecule has 10 heteroatoms. The second kappa shape index (κ2) is 11.9. The predicted molar refractivity (Wildman–Crippen MR) is 103 cm³/mol. The van der Waals surface area contributed by atoms with E-state index in [0.717, 1.165) is 0 Å². The fourth-order valence-corrected chi connectivity index (χ4v) is 2.26. The number of Topliss-reactive ketones (excluding diaryl/α,β-unsaturated/α-hetero) is 2. The summed E-state index contributed by atoms with van der Waals surface area (Å²) in [6.45, 7) is 6.50. The van der Waals surface area contributed by atoms with Gasteiger partial charge < -0.3 is 21.5 Å². The summed E-state index contributed by atoms with van der Waals surface area (Å²) in [6.07, 6.45) is -0.936. The number of carboxylic acid groups (broad SMARTS) is 1. The minimum Gasteiger partial charge on any atom is -0.481 e. The number of amides is 3. The monoisotopic (exact) mass is 413 g/mol. The van der Waals surface area contributed by atoms with Crippen molar-refractivity contribution in [3.63, 3.8) is 0 Å². The van der Waals surface area contributed by atoms with Crippen molar-refractivity contribution < 1.29 is 33.9 Å². The number of carboxylic acids is 1. The Bertz CT molecular complexity index is 653. The standard InChI is InChI=1S/C19H31N3O7/c1-11(18(29)21-10-14(24)19(2,3)4)8-13(23)12(9-15(20)25)22-16(26)6-5-7-17(27)28/h11-12H,5-10H2,1-4H3,(H2,20,25)(H,21,29)(H,22,26)(H,27,28)/t11-,12+/m1/s1. The number of primary amides is 1. The Balaban J connectivity index is 4.76. The Morgan fingerprint density at radius 1 is 1.00 bits per heavy atom. The van der Waals surface area contributed by atoms with Gasteiger partial charge in [-0.3, -0.25) is 28.8 Å². The number of nitrogens with two attached hydrogens (primary N) is 1. The smallest absolute Gasteiger partial charge is 0.303 e. The highest BCUT2D eigenvalue weighted by molar-refractivity contribution is 5.96. The lowest BCUT2D eigenvalue weighted by Crippen LogP contribution is -2.45. The number of ketones is 2. The van der Waals surface area contributed by atoms with Gasteiger partial charge in [-0.1, -0.05) is 27.7 Å². The van der Waals surface area contributed by atoms with Crippen LogP contribution in [0.3, 0.4) is 0 Å². The number of hydrogen-bond acceptors (Lipinski definition) is 6. The van der Waals surface area contributed by atoms with Gasteiger partial charge in [0.2, 0.25) is 17.7 Å². The molecule has 0 aliphatic heterocycles. The van der Waals surface area contributed by atoms with E-state index in [9.17, 15) is 28.8 Å². The van der Waals surface area contributed by atoms with E-state index in [1.54, 1.807) is 20.8 Å². The van der Waals surface area contributed by atoms with Crippen molar-refractivity contribution in [1.29, 1.82) is 0 Å². The van der Waals surface area contributed by atoms with E-state index >= 15 is 0 Å². The first kappa shape index (κ1) is 26.2. The van der Waals surface area contributed by atoms with Gasteiger partial charge in [-0.25, -0.2) is 0 Å². The molecule has 0 unspecified atom stereocenters. The van der Waals surface area contributed by atoms with Gasteiger partial charge in [0.05, 0.1) is 19.0 Å². The fourth-order valence-electron chi connectivity index (χ4n) is 2.26. The van der Waals surface area contributed by atoms with Crippen molar-refractivity contribution in [1.82, 2.24) is 10.6 Å². The highest BCUT2D eigenvalue weighted by atomic mass is 16.4. The van der Waals surface area contributed by atoms with Crippen molar-refractivity contribution in [2.24, 2.45) is 17.1 Å². The van der Waals surface area contributed by atoms with Gasteiger partial charge in [0.25, 0.3) is 0 Å². The summed E-state index contributed by atoms with van der Waals surface area (Å²) in [5, 5.41) is 13.4. The first-order valence-electron chi connectivity index (χ1n) is 9.37. The summed E-state index contributed by atoms with van der Waals surface area (Å²) >= 11 is 0. The first-order valence-corrected chi connectivity index (χ1v) is 9.37. The molecular weight excluding hydrogens is 382 g/mol. The normalized spacial score (nSPS) is 13.1. The van der Waals surface area contributed by atoms with E-state index in [0.29, 0.717) is 0 Å². The topological polar surface area (TPSA) is 173 Å². The third-order valence-electron chi connectivity index (χ3n) is 4.14. The van der Waals surface area contributed by atoms with Crippen LogP contribution in [0.15, 0.2) is 0 Å². The van der Waals surface area contributed by atoms with Crippen LogP contribution in [0, 0.1) is 11.3 Å². The second-order valence-electron chi connectivity index (χ2n) is 8.00. The van der Waals surface area contributed by atoms with Crippen LogP contribution in [0.2, 0.25) is 0 Å². The number of carbonyl (C=O) groups is 6. The number of aliphatic carboxylic acids is 1. The molecule has 164 valence electrons.